The van der Waals surface area contributed by atoms with Crippen molar-refractivity contribution < 1.29 is 22.7 Å². The lowest BCUT2D eigenvalue weighted by atomic mass is 10.0. The van der Waals surface area contributed by atoms with E-state index in [1.165, 1.54) is 17.3 Å². The number of nitrogens with zero attached hydrogens (tertiary/aromatic N) is 1. The van der Waals surface area contributed by atoms with Crippen LogP contribution in [0.1, 0.15) is 45.2 Å². The second-order valence-electron chi connectivity index (χ2n) is 7.00. The monoisotopic (exact) mass is 401 g/mol. The number of rotatable bonds is 5. The normalized spacial score (nSPS) is 16.6. The number of hydrogen-bond acceptors (Lipinski definition) is 5. The largest absolute Gasteiger partial charge is 0.451 e. The van der Waals surface area contributed by atoms with Crippen LogP contribution in [-0.4, -0.2) is 38.6 Å². The topological polar surface area (TPSA) is 80.8 Å². The molecule has 0 aromatic heterocycles. The van der Waals surface area contributed by atoms with E-state index in [1.807, 2.05) is 19.9 Å². The van der Waals surface area contributed by atoms with Crippen molar-refractivity contribution in [2.24, 2.45) is 0 Å². The number of Topliss-reactive ketones (excluding diaryl/α,β-unsaturated/α-hetero) is 1. The molecule has 1 atom stereocenters. The van der Waals surface area contributed by atoms with E-state index >= 15 is 0 Å². The first-order valence-corrected chi connectivity index (χ1v) is 10.7. The molecular weight excluding hydrogens is 378 g/mol. The molecule has 0 bridgehead atoms. The quantitative estimate of drug-likeness (QED) is 0.567. The maximum Gasteiger partial charge on any atom is 0.338 e. The summed E-state index contributed by atoms with van der Waals surface area (Å²) in [5.41, 5.74) is 3.19. The van der Waals surface area contributed by atoms with Crippen molar-refractivity contribution in [2.75, 3.05) is 16.6 Å². The first kappa shape index (κ1) is 20.1. The molecule has 148 valence electrons. The molecule has 2 aromatic rings. The molecule has 1 aliphatic heterocycles. The third-order valence-corrected chi connectivity index (χ3v) is 6.78. The van der Waals surface area contributed by atoms with Gasteiger partial charge in [0.2, 0.25) is 15.8 Å². The number of carbonyl (C=O) groups is 2. The zero-order valence-corrected chi connectivity index (χ0v) is 17.0. The van der Waals surface area contributed by atoms with E-state index in [0.717, 1.165) is 11.1 Å². The summed E-state index contributed by atoms with van der Waals surface area (Å²) in [6.45, 7) is 5.80. The fraction of sp³-hybridized carbons (Fsp3) is 0.333. The first-order valence-electron chi connectivity index (χ1n) is 9.12. The molecule has 1 fully saturated rings. The van der Waals surface area contributed by atoms with Gasteiger partial charge in [-0.05, 0) is 62.6 Å². The van der Waals surface area contributed by atoms with E-state index in [1.54, 1.807) is 30.3 Å². The summed E-state index contributed by atoms with van der Waals surface area (Å²) < 4.78 is 30.8. The zero-order chi connectivity index (χ0) is 20.5. The highest BCUT2D eigenvalue weighted by molar-refractivity contribution is 7.93. The fourth-order valence-corrected chi connectivity index (χ4v) is 4.69. The van der Waals surface area contributed by atoms with Crippen LogP contribution >= 0.6 is 0 Å². The maximum absolute atomic E-state index is 12.6. The van der Waals surface area contributed by atoms with Crippen molar-refractivity contribution in [3.8, 4) is 0 Å². The Hall–Kier alpha value is -2.67. The third kappa shape index (κ3) is 4.09. The van der Waals surface area contributed by atoms with Crippen LogP contribution in [0.3, 0.4) is 0 Å². The molecule has 0 aliphatic carbocycles. The standard InChI is InChI=1S/C21H23NO5S/c1-14-8-9-17(12-15(14)2)20(23)16(3)27-21(24)18-6-4-7-19(13-18)22-10-5-11-28(22,25)26/h4,6-9,12-13,16H,5,10-11H2,1-3H3. The van der Waals surface area contributed by atoms with Crippen LogP contribution in [0.4, 0.5) is 5.69 Å². The first-order chi connectivity index (χ1) is 13.2. The average Bonchev–Trinajstić information content (AvgIpc) is 3.02. The minimum Gasteiger partial charge on any atom is -0.451 e. The molecule has 0 saturated carbocycles. The number of esters is 1. The summed E-state index contributed by atoms with van der Waals surface area (Å²) in [4.78, 5) is 25.1. The van der Waals surface area contributed by atoms with Gasteiger partial charge in [-0.1, -0.05) is 18.2 Å². The summed E-state index contributed by atoms with van der Waals surface area (Å²) in [5.74, 6) is -0.846. The lowest BCUT2D eigenvalue weighted by Crippen LogP contribution is -2.26. The molecule has 0 spiro atoms. The van der Waals surface area contributed by atoms with E-state index in [0.29, 0.717) is 24.2 Å². The highest BCUT2D eigenvalue weighted by Crippen LogP contribution is 2.25. The Kier molecular flexibility index (Phi) is 5.56. The van der Waals surface area contributed by atoms with Crippen molar-refractivity contribution in [3.05, 3.63) is 64.7 Å². The van der Waals surface area contributed by atoms with Gasteiger partial charge < -0.3 is 4.74 Å². The second-order valence-corrected chi connectivity index (χ2v) is 9.02. The number of aryl methyl sites for hydroxylation is 2. The van der Waals surface area contributed by atoms with E-state index in [9.17, 15) is 18.0 Å². The summed E-state index contributed by atoms with van der Waals surface area (Å²) >= 11 is 0. The molecule has 0 radical (unpaired) electrons. The molecule has 28 heavy (non-hydrogen) atoms. The molecule has 1 saturated heterocycles. The second kappa shape index (κ2) is 7.75. The Labute approximate surface area is 165 Å². The van der Waals surface area contributed by atoms with Crippen molar-refractivity contribution in [1.29, 1.82) is 0 Å². The lowest BCUT2D eigenvalue weighted by molar-refractivity contribution is 0.0319. The smallest absolute Gasteiger partial charge is 0.338 e. The predicted octanol–water partition coefficient (Wildman–Crippen LogP) is 3.27. The lowest BCUT2D eigenvalue weighted by Gasteiger charge is -2.18. The van der Waals surface area contributed by atoms with Crippen LogP contribution in [0.15, 0.2) is 42.5 Å². The summed E-state index contributed by atoms with van der Waals surface area (Å²) in [6, 6.07) is 11.6. The van der Waals surface area contributed by atoms with Gasteiger partial charge in [-0.25, -0.2) is 13.2 Å². The molecule has 3 rings (SSSR count). The number of benzene rings is 2. The van der Waals surface area contributed by atoms with Gasteiger partial charge in [-0.3, -0.25) is 9.10 Å². The van der Waals surface area contributed by atoms with E-state index in [4.69, 9.17) is 4.74 Å². The van der Waals surface area contributed by atoms with Gasteiger partial charge in [0.25, 0.3) is 0 Å². The molecule has 1 aliphatic rings. The Balaban J connectivity index is 1.74. The molecule has 0 N–H and O–H groups in total. The van der Waals surface area contributed by atoms with Crippen molar-refractivity contribution in [3.63, 3.8) is 0 Å². The van der Waals surface area contributed by atoms with Gasteiger partial charge >= 0.3 is 5.97 Å². The number of carbonyl (C=O) groups excluding carboxylic acids is 2. The minimum absolute atomic E-state index is 0.100. The predicted molar refractivity (Wildman–Crippen MR) is 107 cm³/mol. The number of ether oxygens (including phenoxy) is 1. The average molecular weight is 401 g/mol. The zero-order valence-electron chi connectivity index (χ0n) is 16.1. The van der Waals surface area contributed by atoms with Gasteiger partial charge in [-0.2, -0.15) is 0 Å². The van der Waals surface area contributed by atoms with Crippen LogP contribution < -0.4 is 4.31 Å². The van der Waals surface area contributed by atoms with Crippen LogP contribution in [-0.2, 0) is 14.8 Å². The molecule has 0 amide bonds. The highest BCUT2D eigenvalue weighted by Gasteiger charge is 2.29. The highest BCUT2D eigenvalue weighted by atomic mass is 32.2. The summed E-state index contributed by atoms with van der Waals surface area (Å²) in [5, 5.41) is 0. The molecule has 7 heteroatoms. The van der Waals surface area contributed by atoms with Gasteiger partial charge in [0.15, 0.2) is 6.10 Å². The molecule has 1 heterocycles. The van der Waals surface area contributed by atoms with Crippen LogP contribution in [0.2, 0.25) is 0 Å². The van der Waals surface area contributed by atoms with Gasteiger partial charge in [0.1, 0.15) is 0 Å². The van der Waals surface area contributed by atoms with Crippen molar-refractivity contribution >= 4 is 27.5 Å². The number of sulfonamides is 1. The minimum atomic E-state index is -3.34. The van der Waals surface area contributed by atoms with E-state index in [-0.39, 0.29) is 17.1 Å². The maximum atomic E-state index is 12.6. The van der Waals surface area contributed by atoms with E-state index < -0.39 is 22.1 Å². The van der Waals surface area contributed by atoms with Crippen LogP contribution in [0.5, 0.6) is 0 Å². The van der Waals surface area contributed by atoms with Crippen molar-refractivity contribution in [1.82, 2.24) is 0 Å². The summed E-state index contributed by atoms with van der Waals surface area (Å²) in [6.07, 6.45) is -0.396. The number of anilines is 1. The molecule has 1 unspecified atom stereocenters. The molecule has 2 aromatic carbocycles. The van der Waals surface area contributed by atoms with E-state index in [2.05, 4.69) is 0 Å². The number of ketones is 1. The van der Waals surface area contributed by atoms with Gasteiger partial charge in [0, 0.05) is 12.1 Å². The third-order valence-electron chi connectivity index (χ3n) is 4.91. The molecular formula is C21H23NO5S. The van der Waals surface area contributed by atoms with Crippen LogP contribution in [0.25, 0.3) is 0 Å². The van der Waals surface area contributed by atoms with Gasteiger partial charge in [-0.15, -0.1) is 0 Å². The fourth-order valence-electron chi connectivity index (χ4n) is 3.13. The Bertz CT molecular complexity index is 1030. The Morgan fingerprint density at radius 1 is 1.04 bits per heavy atom. The van der Waals surface area contributed by atoms with Gasteiger partial charge in [0.05, 0.1) is 17.0 Å². The Morgan fingerprint density at radius 2 is 1.79 bits per heavy atom. The Morgan fingerprint density at radius 3 is 2.43 bits per heavy atom. The van der Waals surface area contributed by atoms with Crippen LogP contribution in [0, 0.1) is 13.8 Å². The number of hydrogen-bond donors (Lipinski definition) is 0. The summed E-state index contributed by atoms with van der Waals surface area (Å²) in [7, 11) is -3.34. The van der Waals surface area contributed by atoms with Crippen molar-refractivity contribution in [2.45, 2.75) is 33.3 Å². The SMILES string of the molecule is Cc1ccc(C(=O)C(C)OC(=O)c2cccc(N3CCCS3(=O)=O)c2)cc1C. The molecule has 6 nitrogen and oxygen atoms in total.